The molecule has 20 heavy (non-hydrogen) atoms. The van der Waals surface area contributed by atoms with Crippen LogP contribution in [-0.4, -0.2) is 4.98 Å². The van der Waals surface area contributed by atoms with Gasteiger partial charge in [-0.3, -0.25) is 4.79 Å². The molecule has 1 heterocycles. The summed E-state index contributed by atoms with van der Waals surface area (Å²) in [6, 6.07) is 5.48. The molecule has 0 aliphatic carbocycles. The summed E-state index contributed by atoms with van der Waals surface area (Å²) in [5.41, 5.74) is 9.29. The zero-order valence-electron chi connectivity index (χ0n) is 12.5. The number of hydrogen-bond acceptors (Lipinski definition) is 2. The zero-order chi connectivity index (χ0) is 14.5. The Kier molecular flexibility index (Phi) is 4.83. The lowest BCUT2D eigenvalue weighted by atomic mass is 10.0. The molecule has 2 aromatic rings. The van der Waals surface area contributed by atoms with E-state index in [1.165, 1.54) is 25.7 Å². The number of aromatic amines is 1. The van der Waals surface area contributed by atoms with E-state index in [9.17, 15) is 4.79 Å². The fourth-order valence-electron chi connectivity index (χ4n) is 2.61. The summed E-state index contributed by atoms with van der Waals surface area (Å²) in [6.07, 6.45) is 7.15. The lowest BCUT2D eigenvalue weighted by Gasteiger charge is -2.09. The van der Waals surface area contributed by atoms with Crippen molar-refractivity contribution in [1.82, 2.24) is 4.98 Å². The van der Waals surface area contributed by atoms with Gasteiger partial charge >= 0.3 is 0 Å². The first kappa shape index (κ1) is 14.6. The highest BCUT2D eigenvalue weighted by Crippen LogP contribution is 2.16. The van der Waals surface area contributed by atoms with Crippen molar-refractivity contribution in [3.63, 3.8) is 0 Å². The Morgan fingerprint density at radius 2 is 1.90 bits per heavy atom. The van der Waals surface area contributed by atoms with E-state index in [1.54, 1.807) is 6.07 Å². The standard InChI is InChI=1S/C17H24N2O/c1-3-4-5-6-7-8-15-12(2)17(20)14-11-13(18)9-10-16(14)19-15/h9-11H,3-8,18H2,1-2H3,(H,19,20). The number of anilines is 1. The summed E-state index contributed by atoms with van der Waals surface area (Å²) < 4.78 is 0. The number of aromatic nitrogens is 1. The number of H-pyrrole nitrogens is 1. The molecule has 3 N–H and O–H groups in total. The summed E-state index contributed by atoms with van der Waals surface area (Å²) in [6.45, 7) is 4.12. The number of pyridine rings is 1. The first-order valence-corrected chi connectivity index (χ1v) is 7.54. The van der Waals surface area contributed by atoms with Gasteiger partial charge in [0.25, 0.3) is 0 Å². The van der Waals surface area contributed by atoms with Gasteiger partial charge in [-0.25, -0.2) is 0 Å². The average Bonchev–Trinajstić information content (AvgIpc) is 2.44. The number of nitrogens with one attached hydrogen (secondary N) is 1. The van der Waals surface area contributed by atoms with Crippen LogP contribution in [0.1, 0.15) is 50.3 Å². The smallest absolute Gasteiger partial charge is 0.192 e. The van der Waals surface area contributed by atoms with Gasteiger partial charge < -0.3 is 10.7 Å². The molecule has 0 unspecified atom stereocenters. The van der Waals surface area contributed by atoms with Gasteiger partial charge in [-0.15, -0.1) is 0 Å². The molecule has 0 saturated carbocycles. The monoisotopic (exact) mass is 272 g/mol. The van der Waals surface area contributed by atoms with E-state index in [4.69, 9.17) is 5.73 Å². The largest absolute Gasteiger partial charge is 0.399 e. The van der Waals surface area contributed by atoms with Gasteiger partial charge in [0.2, 0.25) is 0 Å². The number of nitrogen functional groups attached to an aromatic ring is 1. The normalized spacial score (nSPS) is 11.1. The first-order valence-electron chi connectivity index (χ1n) is 7.54. The Labute approximate surface area is 120 Å². The molecule has 0 radical (unpaired) electrons. The molecule has 108 valence electrons. The van der Waals surface area contributed by atoms with Crippen LogP contribution in [0.2, 0.25) is 0 Å². The number of benzene rings is 1. The average molecular weight is 272 g/mol. The lowest BCUT2D eigenvalue weighted by molar-refractivity contribution is 0.627. The summed E-state index contributed by atoms with van der Waals surface area (Å²) in [5, 5.41) is 0.692. The van der Waals surface area contributed by atoms with E-state index in [2.05, 4.69) is 11.9 Å². The topological polar surface area (TPSA) is 58.9 Å². The lowest BCUT2D eigenvalue weighted by Crippen LogP contribution is -2.12. The molecule has 0 bridgehead atoms. The Bertz CT molecular complexity index is 643. The summed E-state index contributed by atoms with van der Waals surface area (Å²) >= 11 is 0. The van der Waals surface area contributed by atoms with Crippen LogP contribution in [0.5, 0.6) is 0 Å². The van der Waals surface area contributed by atoms with Crippen LogP contribution in [0.4, 0.5) is 5.69 Å². The predicted octanol–water partition coefficient (Wildman–Crippen LogP) is 3.93. The summed E-state index contributed by atoms with van der Waals surface area (Å²) in [4.78, 5) is 15.8. The molecule has 0 fully saturated rings. The van der Waals surface area contributed by atoms with E-state index >= 15 is 0 Å². The Balaban J connectivity index is 2.20. The minimum absolute atomic E-state index is 0.106. The van der Waals surface area contributed by atoms with Crippen LogP contribution < -0.4 is 11.2 Å². The van der Waals surface area contributed by atoms with Crippen molar-refractivity contribution in [2.45, 2.75) is 52.4 Å². The third kappa shape index (κ3) is 3.21. The molecule has 1 aromatic carbocycles. The van der Waals surface area contributed by atoms with Gasteiger partial charge in [-0.1, -0.05) is 32.6 Å². The molecule has 0 atom stereocenters. The van der Waals surface area contributed by atoms with Crippen molar-refractivity contribution in [2.75, 3.05) is 5.73 Å². The minimum atomic E-state index is 0.106. The van der Waals surface area contributed by atoms with Crippen LogP contribution in [0.3, 0.4) is 0 Å². The molecule has 0 saturated heterocycles. The molecule has 0 amide bonds. The van der Waals surface area contributed by atoms with Crippen molar-refractivity contribution < 1.29 is 0 Å². The zero-order valence-corrected chi connectivity index (χ0v) is 12.5. The second-order valence-corrected chi connectivity index (χ2v) is 5.53. The molecule has 0 aliphatic rings. The van der Waals surface area contributed by atoms with E-state index in [0.717, 1.165) is 29.6 Å². The highest BCUT2D eigenvalue weighted by molar-refractivity contribution is 5.82. The highest BCUT2D eigenvalue weighted by Gasteiger charge is 2.08. The van der Waals surface area contributed by atoms with Crippen LogP contribution in [0.25, 0.3) is 10.9 Å². The Hall–Kier alpha value is -1.77. The van der Waals surface area contributed by atoms with Crippen LogP contribution in [-0.2, 0) is 6.42 Å². The predicted molar refractivity (Wildman–Crippen MR) is 86.2 cm³/mol. The third-order valence-corrected chi connectivity index (χ3v) is 3.90. The minimum Gasteiger partial charge on any atom is -0.399 e. The summed E-state index contributed by atoms with van der Waals surface area (Å²) in [5.74, 6) is 0. The molecule has 2 rings (SSSR count). The second kappa shape index (κ2) is 6.60. The van der Waals surface area contributed by atoms with E-state index in [-0.39, 0.29) is 5.43 Å². The molecule has 0 aliphatic heterocycles. The van der Waals surface area contributed by atoms with Crippen molar-refractivity contribution >= 4 is 16.6 Å². The maximum absolute atomic E-state index is 12.4. The Morgan fingerprint density at radius 3 is 2.65 bits per heavy atom. The second-order valence-electron chi connectivity index (χ2n) is 5.53. The highest BCUT2D eigenvalue weighted by atomic mass is 16.1. The van der Waals surface area contributed by atoms with Crippen LogP contribution >= 0.6 is 0 Å². The molecule has 0 spiro atoms. The van der Waals surface area contributed by atoms with E-state index in [1.807, 2.05) is 19.1 Å². The van der Waals surface area contributed by atoms with E-state index in [0.29, 0.717) is 11.1 Å². The quantitative estimate of drug-likeness (QED) is 0.618. The van der Waals surface area contributed by atoms with Crippen LogP contribution in [0, 0.1) is 6.92 Å². The maximum Gasteiger partial charge on any atom is 0.192 e. The number of aryl methyl sites for hydroxylation is 1. The van der Waals surface area contributed by atoms with Gasteiger partial charge in [-0.2, -0.15) is 0 Å². The number of rotatable bonds is 6. The number of nitrogens with two attached hydrogens (primary N) is 1. The number of fused-ring (bicyclic) bond motifs is 1. The number of hydrogen-bond donors (Lipinski definition) is 2. The van der Waals surface area contributed by atoms with Crippen molar-refractivity contribution in [2.24, 2.45) is 0 Å². The number of unbranched alkanes of at least 4 members (excludes halogenated alkanes) is 4. The van der Waals surface area contributed by atoms with Crippen molar-refractivity contribution in [1.29, 1.82) is 0 Å². The van der Waals surface area contributed by atoms with Gasteiger partial charge in [0.15, 0.2) is 5.43 Å². The van der Waals surface area contributed by atoms with Gasteiger partial charge in [0.1, 0.15) is 0 Å². The Morgan fingerprint density at radius 1 is 1.15 bits per heavy atom. The van der Waals surface area contributed by atoms with Crippen LogP contribution in [0.15, 0.2) is 23.0 Å². The molecular formula is C17H24N2O. The molecular weight excluding hydrogens is 248 g/mol. The first-order chi connectivity index (χ1) is 9.63. The van der Waals surface area contributed by atoms with E-state index < -0.39 is 0 Å². The third-order valence-electron chi connectivity index (χ3n) is 3.90. The molecule has 1 aromatic heterocycles. The summed E-state index contributed by atoms with van der Waals surface area (Å²) in [7, 11) is 0. The van der Waals surface area contributed by atoms with Gasteiger partial charge in [0, 0.05) is 27.8 Å². The van der Waals surface area contributed by atoms with Gasteiger partial charge in [0.05, 0.1) is 0 Å². The SMILES string of the molecule is CCCCCCCc1[nH]c2ccc(N)cc2c(=O)c1C. The fourth-order valence-corrected chi connectivity index (χ4v) is 2.61. The van der Waals surface area contributed by atoms with Crippen molar-refractivity contribution in [3.05, 3.63) is 39.7 Å². The molecule has 3 nitrogen and oxygen atoms in total. The molecule has 3 heteroatoms. The maximum atomic E-state index is 12.4. The van der Waals surface area contributed by atoms with Crippen molar-refractivity contribution in [3.8, 4) is 0 Å². The van der Waals surface area contributed by atoms with Gasteiger partial charge in [-0.05, 0) is 38.0 Å². The fraction of sp³-hybridized carbons (Fsp3) is 0.471.